The molecule has 1 aliphatic rings. The number of nitrogens with zero attached hydrogens (tertiary/aromatic N) is 1. The normalized spacial score (nSPS) is 23.8. The number of aliphatic hydroxyl groups is 1. The molecule has 1 fully saturated rings. The number of rotatable bonds is 3. The largest absolute Gasteiger partial charge is 0.394 e. The van der Waals surface area contributed by atoms with Gasteiger partial charge in [0.2, 0.25) is 0 Å². The van der Waals surface area contributed by atoms with Crippen LogP contribution in [0.1, 0.15) is 29.4 Å². The molecule has 2 heterocycles. The van der Waals surface area contributed by atoms with Gasteiger partial charge in [-0.2, -0.15) is 0 Å². The highest BCUT2D eigenvalue weighted by atomic mass is 32.1. The van der Waals surface area contributed by atoms with Crippen LogP contribution in [0.4, 0.5) is 0 Å². The molecule has 0 aromatic carbocycles. The Labute approximate surface area is 102 Å². The van der Waals surface area contributed by atoms with Gasteiger partial charge in [0.15, 0.2) is 6.29 Å². The van der Waals surface area contributed by atoms with E-state index in [0.29, 0.717) is 19.1 Å². The smallest absolute Gasteiger partial charge is 0.328 e. The van der Waals surface area contributed by atoms with E-state index < -0.39 is 11.9 Å². The van der Waals surface area contributed by atoms with Crippen molar-refractivity contribution in [3.63, 3.8) is 0 Å². The number of aliphatic hydroxyl groups excluding tert-OH is 1. The number of aldehydes is 1. The second-order valence-corrected chi connectivity index (χ2v) is 4.25. The third-order valence-corrected chi connectivity index (χ3v) is 3.06. The summed E-state index contributed by atoms with van der Waals surface area (Å²) in [6.07, 6.45) is 2.57. The minimum atomic E-state index is -0.454. The van der Waals surface area contributed by atoms with Crippen LogP contribution >= 0.6 is 12.2 Å². The highest BCUT2D eigenvalue weighted by Crippen LogP contribution is 2.26. The van der Waals surface area contributed by atoms with Gasteiger partial charge in [-0.25, -0.2) is 4.79 Å². The van der Waals surface area contributed by atoms with Crippen LogP contribution < -0.4 is 5.69 Å². The average Bonchev–Trinajstić information content (AvgIpc) is 2.78. The predicted molar refractivity (Wildman–Crippen MR) is 61.5 cm³/mol. The van der Waals surface area contributed by atoms with Gasteiger partial charge in [-0.05, 0) is 12.8 Å². The van der Waals surface area contributed by atoms with E-state index in [0.717, 1.165) is 0 Å². The molecule has 17 heavy (non-hydrogen) atoms. The van der Waals surface area contributed by atoms with Gasteiger partial charge in [-0.15, -0.1) is 0 Å². The summed E-state index contributed by atoms with van der Waals surface area (Å²) in [5.74, 6) is 0. The fourth-order valence-electron chi connectivity index (χ4n) is 1.82. The molecule has 2 unspecified atom stereocenters. The molecule has 0 saturated carbocycles. The average molecular weight is 256 g/mol. The number of aromatic amines is 1. The molecule has 0 spiro atoms. The number of nitrogens with one attached hydrogen (secondary N) is 1. The Balaban J connectivity index is 2.36. The van der Waals surface area contributed by atoms with E-state index in [1.54, 1.807) is 0 Å². The standard InChI is InChI=1S/C10H12N2O4S/c13-4-6-3-12(10(15)11-9(6)17)8-2-1-7(5-14)16-8/h3-4,7-8,14H,1-2,5H2,(H,11,15,17). The van der Waals surface area contributed by atoms with Crippen molar-refractivity contribution < 1.29 is 14.6 Å². The Morgan fingerprint density at radius 2 is 2.41 bits per heavy atom. The van der Waals surface area contributed by atoms with Crippen molar-refractivity contribution in [1.29, 1.82) is 0 Å². The molecule has 0 bridgehead atoms. The number of aromatic nitrogens is 2. The summed E-state index contributed by atoms with van der Waals surface area (Å²) in [5.41, 5.74) is -0.167. The van der Waals surface area contributed by atoms with Crippen LogP contribution in [0.5, 0.6) is 0 Å². The first kappa shape index (κ1) is 12.2. The van der Waals surface area contributed by atoms with Crippen LogP contribution in [0.15, 0.2) is 11.0 Å². The van der Waals surface area contributed by atoms with Gasteiger partial charge in [0, 0.05) is 6.20 Å². The number of carbonyl (C=O) groups is 1. The molecule has 1 aromatic rings. The molecule has 7 heteroatoms. The Kier molecular flexibility index (Phi) is 3.51. The third-order valence-electron chi connectivity index (χ3n) is 2.72. The second kappa shape index (κ2) is 4.91. The van der Waals surface area contributed by atoms with E-state index in [9.17, 15) is 9.59 Å². The zero-order chi connectivity index (χ0) is 12.4. The summed E-state index contributed by atoms with van der Waals surface area (Å²) in [7, 11) is 0. The fourth-order valence-corrected chi connectivity index (χ4v) is 2.01. The molecule has 1 aliphatic heterocycles. The molecule has 0 aliphatic carbocycles. The predicted octanol–water partition coefficient (Wildman–Crippen LogP) is 0.388. The molecule has 6 nitrogen and oxygen atoms in total. The Morgan fingerprint density at radius 1 is 1.65 bits per heavy atom. The van der Waals surface area contributed by atoms with Gasteiger partial charge >= 0.3 is 5.69 Å². The quantitative estimate of drug-likeness (QED) is 0.603. The molecule has 1 saturated heterocycles. The number of carbonyl (C=O) groups excluding carboxylic acids is 1. The van der Waals surface area contributed by atoms with Crippen molar-refractivity contribution in [3.05, 3.63) is 26.9 Å². The Hall–Kier alpha value is -1.31. The van der Waals surface area contributed by atoms with Crippen LogP contribution in [-0.2, 0) is 4.74 Å². The minimum Gasteiger partial charge on any atom is -0.394 e. The minimum absolute atomic E-state index is 0.0748. The summed E-state index contributed by atoms with van der Waals surface area (Å²) < 4.78 is 6.88. The zero-order valence-electron chi connectivity index (χ0n) is 8.96. The number of hydrogen-bond acceptors (Lipinski definition) is 5. The number of hydrogen-bond donors (Lipinski definition) is 2. The van der Waals surface area contributed by atoms with Crippen LogP contribution in [0.2, 0.25) is 0 Å². The molecule has 2 rings (SSSR count). The molecular formula is C10H12N2O4S. The molecule has 92 valence electrons. The maximum Gasteiger partial charge on any atom is 0.328 e. The van der Waals surface area contributed by atoms with E-state index in [2.05, 4.69) is 4.98 Å². The SMILES string of the molecule is O=Cc1cn(C2CCC(CO)O2)c(=O)[nH]c1=S. The van der Waals surface area contributed by atoms with Crippen molar-refractivity contribution in [2.24, 2.45) is 0 Å². The van der Waals surface area contributed by atoms with Crippen molar-refractivity contribution >= 4 is 18.5 Å². The maximum atomic E-state index is 11.7. The summed E-state index contributed by atoms with van der Waals surface area (Å²) >= 11 is 4.84. The topological polar surface area (TPSA) is 84.3 Å². The lowest BCUT2D eigenvalue weighted by molar-refractivity contribution is -0.0246. The first-order chi connectivity index (χ1) is 8.15. The molecule has 1 aromatic heterocycles. The van der Waals surface area contributed by atoms with Crippen LogP contribution in [0.3, 0.4) is 0 Å². The first-order valence-electron chi connectivity index (χ1n) is 5.22. The zero-order valence-corrected chi connectivity index (χ0v) is 9.77. The monoisotopic (exact) mass is 256 g/mol. The van der Waals surface area contributed by atoms with E-state index >= 15 is 0 Å². The van der Waals surface area contributed by atoms with Gasteiger partial charge in [0.1, 0.15) is 10.9 Å². The van der Waals surface area contributed by atoms with Crippen molar-refractivity contribution in [3.8, 4) is 0 Å². The lowest BCUT2D eigenvalue weighted by atomic mass is 10.2. The van der Waals surface area contributed by atoms with Crippen molar-refractivity contribution in [2.75, 3.05) is 6.61 Å². The van der Waals surface area contributed by atoms with E-state index in [1.165, 1.54) is 10.8 Å². The van der Waals surface area contributed by atoms with Gasteiger partial charge in [0.05, 0.1) is 18.3 Å². The first-order valence-corrected chi connectivity index (χ1v) is 5.63. The number of ether oxygens (including phenoxy) is 1. The van der Waals surface area contributed by atoms with Crippen molar-refractivity contribution in [1.82, 2.24) is 9.55 Å². The maximum absolute atomic E-state index is 11.7. The number of H-pyrrole nitrogens is 1. The summed E-state index contributed by atoms with van der Waals surface area (Å²) in [6, 6.07) is 0. The van der Waals surface area contributed by atoms with Gasteiger partial charge in [0.25, 0.3) is 0 Å². The van der Waals surface area contributed by atoms with Crippen LogP contribution in [0, 0.1) is 4.64 Å². The molecule has 2 N–H and O–H groups in total. The van der Waals surface area contributed by atoms with E-state index in [1.807, 2.05) is 0 Å². The fraction of sp³-hybridized carbons (Fsp3) is 0.500. The van der Waals surface area contributed by atoms with Crippen LogP contribution in [0.25, 0.3) is 0 Å². The summed E-state index contributed by atoms with van der Waals surface area (Å²) in [4.78, 5) is 24.8. The second-order valence-electron chi connectivity index (χ2n) is 3.84. The highest BCUT2D eigenvalue weighted by Gasteiger charge is 2.26. The molecule has 0 radical (unpaired) electrons. The lowest BCUT2D eigenvalue weighted by Crippen LogP contribution is -2.28. The molecule has 0 amide bonds. The van der Waals surface area contributed by atoms with Crippen molar-refractivity contribution in [2.45, 2.75) is 25.2 Å². The Morgan fingerprint density at radius 3 is 3.00 bits per heavy atom. The highest BCUT2D eigenvalue weighted by molar-refractivity contribution is 7.71. The van der Waals surface area contributed by atoms with Gasteiger partial charge < -0.3 is 9.84 Å². The Bertz CT molecular complexity index is 536. The van der Waals surface area contributed by atoms with E-state index in [-0.39, 0.29) is 22.9 Å². The summed E-state index contributed by atoms with van der Waals surface area (Å²) in [6.45, 7) is -0.0748. The molecule has 2 atom stereocenters. The van der Waals surface area contributed by atoms with Gasteiger partial charge in [-0.3, -0.25) is 14.3 Å². The van der Waals surface area contributed by atoms with Crippen LogP contribution in [-0.4, -0.2) is 33.7 Å². The molecular weight excluding hydrogens is 244 g/mol. The summed E-state index contributed by atoms with van der Waals surface area (Å²) in [5, 5.41) is 8.95. The van der Waals surface area contributed by atoms with Gasteiger partial charge in [-0.1, -0.05) is 12.2 Å². The third kappa shape index (κ3) is 2.36. The lowest BCUT2D eigenvalue weighted by Gasteiger charge is -2.14. The van der Waals surface area contributed by atoms with E-state index in [4.69, 9.17) is 22.1 Å².